The van der Waals surface area contributed by atoms with E-state index in [1.807, 2.05) is 54.6 Å². The van der Waals surface area contributed by atoms with E-state index in [9.17, 15) is 0 Å². The molecule has 3 nitrogen and oxygen atoms in total. The van der Waals surface area contributed by atoms with Crippen LogP contribution in [0.15, 0.2) is 59.6 Å². The van der Waals surface area contributed by atoms with E-state index in [1.54, 1.807) is 7.11 Å². The molecule has 0 N–H and O–H groups in total. The number of benzene rings is 2. The molecule has 0 amide bonds. The maximum atomic E-state index is 6.09. The molecule has 2 aromatic rings. The molecule has 2 aromatic carbocycles. The summed E-state index contributed by atoms with van der Waals surface area (Å²) in [6.07, 6.45) is 6.14. The van der Waals surface area contributed by atoms with E-state index < -0.39 is 0 Å². The average Bonchev–Trinajstić information content (AvgIpc) is 2.63. The molecule has 1 aliphatic carbocycles. The summed E-state index contributed by atoms with van der Waals surface area (Å²) in [6, 6.07) is 18.1. The zero-order valence-electron chi connectivity index (χ0n) is 13.6. The molecule has 0 aromatic heterocycles. The Morgan fingerprint density at radius 1 is 0.870 bits per heavy atom. The van der Waals surface area contributed by atoms with Gasteiger partial charge >= 0.3 is 0 Å². The van der Waals surface area contributed by atoms with E-state index in [0.717, 1.165) is 29.9 Å². The molecule has 1 aliphatic rings. The van der Waals surface area contributed by atoms with Gasteiger partial charge in [0.1, 0.15) is 11.5 Å². The zero-order valence-corrected chi connectivity index (χ0v) is 13.6. The predicted octanol–water partition coefficient (Wildman–Crippen LogP) is 4.85. The summed E-state index contributed by atoms with van der Waals surface area (Å²) in [6.45, 7) is 0. The van der Waals surface area contributed by atoms with Crippen molar-refractivity contribution in [1.29, 1.82) is 0 Å². The predicted molar refractivity (Wildman–Crippen MR) is 93.5 cm³/mol. The Bertz CT molecular complexity index is 628. The van der Waals surface area contributed by atoms with Crippen molar-refractivity contribution in [3.05, 3.63) is 60.2 Å². The highest BCUT2D eigenvalue weighted by molar-refractivity contribution is 5.95. The van der Waals surface area contributed by atoms with Crippen LogP contribution in [0.3, 0.4) is 0 Å². The third-order valence-corrected chi connectivity index (χ3v) is 4.17. The van der Waals surface area contributed by atoms with Gasteiger partial charge in [0.05, 0.1) is 13.2 Å². The number of hydrogen-bond donors (Lipinski definition) is 0. The highest BCUT2D eigenvalue weighted by Gasteiger charge is 2.15. The normalized spacial score (nSPS) is 16.1. The van der Waals surface area contributed by atoms with Gasteiger partial charge < -0.3 is 9.47 Å². The molecule has 1 fully saturated rings. The van der Waals surface area contributed by atoms with Gasteiger partial charge in [0.2, 0.25) is 5.90 Å². The molecule has 0 atom stereocenters. The van der Waals surface area contributed by atoms with Crippen LogP contribution in [-0.2, 0) is 0 Å². The fourth-order valence-electron chi connectivity index (χ4n) is 2.87. The molecule has 120 valence electrons. The topological polar surface area (TPSA) is 30.8 Å². The quantitative estimate of drug-likeness (QED) is 0.597. The number of aliphatic imine (C=N–C) groups is 1. The molecule has 0 aliphatic heterocycles. The summed E-state index contributed by atoms with van der Waals surface area (Å²) < 4.78 is 11.3. The highest BCUT2D eigenvalue weighted by atomic mass is 16.5. The van der Waals surface area contributed by atoms with Gasteiger partial charge in [-0.2, -0.15) is 0 Å². The number of ether oxygens (including phenoxy) is 2. The van der Waals surface area contributed by atoms with Crippen molar-refractivity contribution in [3.8, 4) is 11.5 Å². The molecule has 0 heterocycles. The first-order valence-electron chi connectivity index (χ1n) is 8.30. The largest absolute Gasteiger partial charge is 0.497 e. The molecular weight excluding hydrogens is 286 g/mol. The van der Waals surface area contributed by atoms with Crippen molar-refractivity contribution >= 4 is 5.90 Å². The van der Waals surface area contributed by atoms with Crippen molar-refractivity contribution < 1.29 is 9.47 Å². The van der Waals surface area contributed by atoms with Crippen molar-refractivity contribution in [2.75, 3.05) is 7.11 Å². The van der Waals surface area contributed by atoms with Gasteiger partial charge in [0, 0.05) is 5.56 Å². The maximum absolute atomic E-state index is 6.09. The SMILES string of the molecule is COc1ccc(C(=NC2CCCCC2)Oc2ccccc2)cc1. The van der Waals surface area contributed by atoms with Crippen LogP contribution in [0.5, 0.6) is 11.5 Å². The van der Waals surface area contributed by atoms with Crippen molar-refractivity contribution in [1.82, 2.24) is 0 Å². The Balaban J connectivity index is 1.86. The van der Waals surface area contributed by atoms with Gasteiger partial charge in [-0.3, -0.25) is 0 Å². The van der Waals surface area contributed by atoms with Gasteiger partial charge in [-0.15, -0.1) is 0 Å². The van der Waals surface area contributed by atoms with E-state index in [2.05, 4.69) is 0 Å². The second-order valence-corrected chi connectivity index (χ2v) is 5.87. The lowest BCUT2D eigenvalue weighted by atomic mass is 9.96. The first-order valence-corrected chi connectivity index (χ1v) is 8.30. The molecule has 3 heteroatoms. The Morgan fingerprint density at radius 2 is 1.57 bits per heavy atom. The molecule has 0 saturated heterocycles. The first-order chi connectivity index (χ1) is 11.3. The minimum atomic E-state index is 0.365. The van der Waals surface area contributed by atoms with Gasteiger partial charge in [-0.1, -0.05) is 37.5 Å². The molecular formula is C20H23NO2. The Labute approximate surface area is 138 Å². The summed E-state index contributed by atoms with van der Waals surface area (Å²) in [5, 5.41) is 0. The van der Waals surface area contributed by atoms with Crippen LogP contribution >= 0.6 is 0 Å². The molecule has 0 radical (unpaired) electrons. The lowest BCUT2D eigenvalue weighted by Gasteiger charge is -2.19. The van der Waals surface area contributed by atoms with Crippen LogP contribution in [-0.4, -0.2) is 19.0 Å². The number of hydrogen-bond acceptors (Lipinski definition) is 3. The molecule has 3 rings (SSSR count). The van der Waals surface area contributed by atoms with E-state index in [4.69, 9.17) is 14.5 Å². The lowest BCUT2D eigenvalue weighted by molar-refractivity contribution is 0.414. The summed E-state index contributed by atoms with van der Waals surface area (Å²) >= 11 is 0. The maximum Gasteiger partial charge on any atom is 0.222 e. The third-order valence-electron chi connectivity index (χ3n) is 4.17. The van der Waals surface area contributed by atoms with Crippen LogP contribution in [0.2, 0.25) is 0 Å². The third kappa shape index (κ3) is 4.35. The van der Waals surface area contributed by atoms with Crippen LogP contribution in [0.4, 0.5) is 0 Å². The standard InChI is InChI=1S/C20H23NO2/c1-22-18-14-12-16(13-15-18)20(21-17-8-4-2-5-9-17)23-19-10-6-3-7-11-19/h3,6-7,10-15,17H,2,4-5,8-9H2,1H3. The van der Waals surface area contributed by atoms with Crippen molar-refractivity contribution in [2.45, 2.75) is 38.1 Å². The van der Waals surface area contributed by atoms with Crippen LogP contribution in [0.25, 0.3) is 0 Å². The molecule has 0 bridgehead atoms. The number of para-hydroxylation sites is 1. The first kappa shape index (κ1) is 15.6. The second-order valence-electron chi connectivity index (χ2n) is 5.87. The van der Waals surface area contributed by atoms with Crippen LogP contribution < -0.4 is 9.47 Å². The van der Waals surface area contributed by atoms with E-state index in [1.165, 1.54) is 19.3 Å². The van der Waals surface area contributed by atoms with Gasteiger partial charge in [0.25, 0.3) is 0 Å². The molecule has 0 spiro atoms. The van der Waals surface area contributed by atoms with Gasteiger partial charge in [0.15, 0.2) is 0 Å². The average molecular weight is 309 g/mol. The highest BCUT2D eigenvalue weighted by Crippen LogP contribution is 2.23. The molecule has 0 unspecified atom stereocenters. The Kier molecular flexibility index (Phi) is 5.30. The van der Waals surface area contributed by atoms with Gasteiger partial charge in [-0.25, -0.2) is 4.99 Å². The Hall–Kier alpha value is -2.29. The Morgan fingerprint density at radius 3 is 2.22 bits per heavy atom. The zero-order chi connectivity index (χ0) is 15.9. The second kappa shape index (κ2) is 7.82. The van der Waals surface area contributed by atoms with Crippen LogP contribution in [0.1, 0.15) is 37.7 Å². The number of nitrogens with zero attached hydrogens (tertiary/aromatic N) is 1. The minimum Gasteiger partial charge on any atom is -0.497 e. The smallest absolute Gasteiger partial charge is 0.222 e. The van der Waals surface area contributed by atoms with E-state index >= 15 is 0 Å². The fourth-order valence-corrected chi connectivity index (χ4v) is 2.87. The van der Waals surface area contributed by atoms with E-state index in [0.29, 0.717) is 11.9 Å². The van der Waals surface area contributed by atoms with Crippen LogP contribution in [0, 0.1) is 0 Å². The summed E-state index contributed by atoms with van der Waals surface area (Å²) in [5.41, 5.74) is 0.986. The van der Waals surface area contributed by atoms with Crippen molar-refractivity contribution in [2.24, 2.45) is 4.99 Å². The lowest BCUT2D eigenvalue weighted by Crippen LogP contribution is -2.17. The molecule has 1 saturated carbocycles. The van der Waals surface area contributed by atoms with Gasteiger partial charge in [-0.05, 0) is 49.2 Å². The number of methoxy groups -OCH3 is 1. The summed E-state index contributed by atoms with van der Waals surface area (Å²) in [5.74, 6) is 2.36. The van der Waals surface area contributed by atoms with E-state index in [-0.39, 0.29) is 0 Å². The minimum absolute atomic E-state index is 0.365. The summed E-state index contributed by atoms with van der Waals surface area (Å²) in [4.78, 5) is 4.91. The van der Waals surface area contributed by atoms with Crippen molar-refractivity contribution in [3.63, 3.8) is 0 Å². The molecule has 23 heavy (non-hydrogen) atoms. The summed E-state index contributed by atoms with van der Waals surface area (Å²) in [7, 11) is 1.67. The number of rotatable bonds is 4. The monoisotopic (exact) mass is 309 g/mol. The fraction of sp³-hybridized carbons (Fsp3) is 0.350.